The van der Waals surface area contributed by atoms with Crippen LogP contribution in [-0.2, 0) is 4.79 Å². The fourth-order valence-electron chi connectivity index (χ4n) is 3.04. The van der Waals surface area contributed by atoms with Crippen LogP contribution in [0.3, 0.4) is 0 Å². The van der Waals surface area contributed by atoms with Gasteiger partial charge in [-0.3, -0.25) is 4.79 Å². The molecule has 3 N–H and O–H groups in total. The minimum absolute atomic E-state index is 0.0723. The number of nitrogens with two attached hydrogens (primary N) is 1. The van der Waals surface area contributed by atoms with Gasteiger partial charge in [-0.05, 0) is 25.7 Å². The van der Waals surface area contributed by atoms with Gasteiger partial charge in [0.2, 0.25) is 5.91 Å². The summed E-state index contributed by atoms with van der Waals surface area (Å²) in [5, 5.41) is 3.19. The van der Waals surface area contributed by atoms with Crippen LogP contribution in [0.25, 0.3) is 0 Å². The highest BCUT2D eigenvalue weighted by molar-refractivity contribution is 5.79. The number of hydrogen-bond acceptors (Lipinski definition) is 2. The topological polar surface area (TPSA) is 55.1 Å². The van der Waals surface area contributed by atoms with E-state index in [0.29, 0.717) is 6.04 Å². The van der Waals surface area contributed by atoms with Crippen molar-refractivity contribution in [1.29, 1.82) is 0 Å². The van der Waals surface area contributed by atoms with Crippen LogP contribution in [0, 0.1) is 5.92 Å². The van der Waals surface area contributed by atoms with Gasteiger partial charge in [-0.2, -0.15) is 0 Å². The SMILES string of the molecule is NC1CCCCCC1C(=O)NC1CCCC1. The van der Waals surface area contributed by atoms with Crippen molar-refractivity contribution in [3.63, 3.8) is 0 Å². The fourth-order valence-corrected chi connectivity index (χ4v) is 3.04. The predicted molar refractivity (Wildman–Crippen MR) is 64.9 cm³/mol. The zero-order chi connectivity index (χ0) is 11.4. The van der Waals surface area contributed by atoms with E-state index in [-0.39, 0.29) is 17.9 Å². The predicted octanol–water partition coefficient (Wildman–Crippen LogP) is 1.95. The molecule has 2 atom stereocenters. The summed E-state index contributed by atoms with van der Waals surface area (Å²) in [5.74, 6) is 0.296. The Morgan fingerprint density at radius 1 is 0.938 bits per heavy atom. The molecule has 92 valence electrons. The van der Waals surface area contributed by atoms with E-state index in [1.807, 2.05) is 0 Å². The average Bonchev–Trinajstić information content (AvgIpc) is 2.66. The number of hydrogen-bond donors (Lipinski definition) is 2. The van der Waals surface area contributed by atoms with Gasteiger partial charge in [0.05, 0.1) is 5.92 Å². The first-order chi connectivity index (χ1) is 7.77. The van der Waals surface area contributed by atoms with Crippen molar-refractivity contribution in [1.82, 2.24) is 5.32 Å². The van der Waals surface area contributed by atoms with Gasteiger partial charge < -0.3 is 11.1 Å². The Hall–Kier alpha value is -0.570. The van der Waals surface area contributed by atoms with E-state index in [9.17, 15) is 4.79 Å². The van der Waals surface area contributed by atoms with E-state index < -0.39 is 0 Å². The van der Waals surface area contributed by atoms with Crippen molar-refractivity contribution in [2.45, 2.75) is 69.9 Å². The third kappa shape index (κ3) is 2.97. The monoisotopic (exact) mass is 224 g/mol. The van der Waals surface area contributed by atoms with Gasteiger partial charge in [-0.25, -0.2) is 0 Å². The Morgan fingerprint density at radius 2 is 1.56 bits per heavy atom. The standard InChI is InChI=1S/C13H24N2O/c14-12-9-3-1-2-8-11(12)13(16)15-10-6-4-5-7-10/h10-12H,1-9,14H2,(H,15,16). The summed E-state index contributed by atoms with van der Waals surface area (Å²) in [4.78, 5) is 12.1. The normalized spacial score (nSPS) is 32.3. The quantitative estimate of drug-likeness (QED) is 0.704. The molecule has 2 unspecified atom stereocenters. The molecule has 2 aliphatic rings. The van der Waals surface area contributed by atoms with Crippen LogP contribution in [-0.4, -0.2) is 18.0 Å². The van der Waals surface area contributed by atoms with Crippen molar-refractivity contribution >= 4 is 5.91 Å². The maximum atomic E-state index is 12.1. The van der Waals surface area contributed by atoms with Gasteiger partial charge in [0.15, 0.2) is 0 Å². The highest BCUT2D eigenvalue weighted by Gasteiger charge is 2.28. The van der Waals surface area contributed by atoms with Crippen LogP contribution in [0.5, 0.6) is 0 Å². The van der Waals surface area contributed by atoms with Crippen molar-refractivity contribution in [2.75, 3.05) is 0 Å². The van der Waals surface area contributed by atoms with Gasteiger partial charge in [-0.15, -0.1) is 0 Å². The van der Waals surface area contributed by atoms with E-state index in [0.717, 1.165) is 32.1 Å². The molecular weight excluding hydrogens is 200 g/mol. The molecule has 2 saturated carbocycles. The Bertz CT molecular complexity index is 236. The minimum Gasteiger partial charge on any atom is -0.353 e. The third-order valence-electron chi connectivity index (χ3n) is 4.11. The van der Waals surface area contributed by atoms with E-state index >= 15 is 0 Å². The van der Waals surface area contributed by atoms with Crippen LogP contribution in [0.15, 0.2) is 0 Å². The molecule has 0 bridgehead atoms. The highest BCUT2D eigenvalue weighted by atomic mass is 16.2. The highest BCUT2D eigenvalue weighted by Crippen LogP contribution is 2.24. The summed E-state index contributed by atoms with van der Waals surface area (Å²) in [5.41, 5.74) is 6.09. The lowest BCUT2D eigenvalue weighted by molar-refractivity contribution is -0.126. The molecule has 0 radical (unpaired) electrons. The van der Waals surface area contributed by atoms with E-state index in [4.69, 9.17) is 5.73 Å². The molecule has 3 heteroatoms. The molecule has 1 amide bonds. The molecule has 0 heterocycles. The third-order valence-corrected chi connectivity index (χ3v) is 4.11. The number of nitrogens with one attached hydrogen (secondary N) is 1. The maximum Gasteiger partial charge on any atom is 0.224 e. The van der Waals surface area contributed by atoms with E-state index in [1.54, 1.807) is 0 Å². The zero-order valence-electron chi connectivity index (χ0n) is 10.1. The summed E-state index contributed by atoms with van der Waals surface area (Å²) in [6, 6.07) is 0.520. The van der Waals surface area contributed by atoms with Gasteiger partial charge in [0.25, 0.3) is 0 Å². The summed E-state index contributed by atoms with van der Waals surface area (Å²) < 4.78 is 0. The Morgan fingerprint density at radius 3 is 2.31 bits per heavy atom. The fraction of sp³-hybridized carbons (Fsp3) is 0.923. The lowest BCUT2D eigenvalue weighted by Crippen LogP contribution is -2.44. The van der Waals surface area contributed by atoms with E-state index in [2.05, 4.69) is 5.32 Å². The van der Waals surface area contributed by atoms with Crippen LogP contribution < -0.4 is 11.1 Å². The molecule has 3 nitrogen and oxygen atoms in total. The molecule has 2 fully saturated rings. The van der Waals surface area contributed by atoms with Crippen LogP contribution in [0.2, 0.25) is 0 Å². The first kappa shape index (κ1) is 11.9. The molecule has 0 aromatic carbocycles. The Labute approximate surface area is 98.2 Å². The smallest absolute Gasteiger partial charge is 0.224 e. The number of amides is 1. The second-order valence-electron chi connectivity index (χ2n) is 5.40. The molecule has 0 spiro atoms. The van der Waals surface area contributed by atoms with Crippen molar-refractivity contribution < 1.29 is 4.79 Å². The van der Waals surface area contributed by atoms with Crippen LogP contribution in [0.4, 0.5) is 0 Å². The summed E-state index contributed by atoms with van der Waals surface area (Å²) in [6.07, 6.45) is 10.4. The lowest BCUT2D eigenvalue weighted by Gasteiger charge is -2.22. The lowest BCUT2D eigenvalue weighted by atomic mass is 9.94. The first-order valence-electron chi connectivity index (χ1n) is 6.83. The maximum absolute atomic E-state index is 12.1. The molecule has 0 saturated heterocycles. The largest absolute Gasteiger partial charge is 0.353 e. The van der Waals surface area contributed by atoms with Gasteiger partial charge in [0, 0.05) is 12.1 Å². The second kappa shape index (κ2) is 5.67. The van der Waals surface area contributed by atoms with Gasteiger partial charge in [0.1, 0.15) is 0 Å². The molecule has 2 rings (SSSR count). The number of carbonyl (C=O) groups excluding carboxylic acids is 1. The first-order valence-corrected chi connectivity index (χ1v) is 6.83. The zero-order valence-corrected chi connectivity index (χ0v) is 10.1. The van der Waals surface area contributed by atoms with Crippen molar-refractivity contribution in [3.8, 4) is 0 Å². The van der Waals surface area contributed by atoms with Crippen LogP contribution >= 0.6 is 0 Å². The summed E-state index contributed by atoms with van der Waals surface area (Å²) in [6.45, 7) is 0. The Kier molecular flexibility index (Phi) is 4.22. The molecular formula is C13H24N2O. The number of carbonyl (C=O) groups is 1. The average molecular weight is 224 g/mol. The van der Waals surface area contributed by atoms with Crippen LogP contribution in [0.1, 0.15) is 57.8 Å². The van der Waals surface area contributed by atoms with Crippen molar-refractivity contribution in [2.24, 2.45) is 11.7 Å². The summed E-state index contributed by atoms with van der Waals surface area (Å²) >= 11 is 0. The molecule has 0 aliphatic heterocycles. The molecule has 2 aliphatic carbocycles. The van der Waals surface area contributed by atoms with Gasteiger partial charge >= 0.3 is 0 Å². The molecule has 16 heavy (non-hydrogen) atoms. The molecule has 0 aromatic rings. The van der Waals surface area contributed by atoms with Crippen molar-refractivity contribution in [3.05, 3.63) is 0 Å². The summed E-state index contributed by atoms with van der Waals surface area (Å²) in [7, 11) is 0. The Balaban J connectivity index is 1.85. The van der Waals surface area contributed by atoms with Gasteiger partial charge in [-0.1, -0.05) is 32.1 Å². The number of rotatable bonds is 2. The molecule has 0 aromatic heterocycles. The second-order valence-corrected chi connectivity index (χ2v) is 5.40. The minimum atomic E-state index is 0.0723. The van der Waals surface area contributed by atoms with E-state index in [1.165, 1.54) is 25.7 Å².